The number of aryl methyl sites for hydroxylation is 1. The van der Waals surface area contributed by atoms with E-state index in [9.17, 15) is 14.4 Å². The van der Waals surface area contributed by atoms with Gasteiger partial charge in [0.2, 0.25) is 11.8 Å². The van der Waals surface area contributed by atoms with Gasteiger partial charge in [0.25, 0.3) is 5.91 Å². The summed E-state index contributed by atoms with van der Waals surface area (Å²) in [7, 11) is 1.59. The SMILES string of the molecule is COc1ccccc1CNC(=O)[C@@H]1CC(=O)N(c2ccc(OCC(=O)Nc3ccc(C)cc3)cc2)C1. The molecule has 0 aliphatic carbocycles. The standard InChI is InChI=1S/C28H29N3O5/c1-19-7-9-22(10-8-19)30-26(32)18-36-24-13-11-23(12-14-24)31-17-21(15-27(31)33)28(34)29-16-20-5-3-4-6-25(20)35-2/h3-14,21H,15-18H2,1-2H3,(H,29,34)(H,30,32)/t21-/m1/s1. The average molecular weight is 488 g/mol. The molecule has 3 aromatic carbocycles. The molecule has 1 heterocycles. The maximum atomic E-state index is 12.7. The van der Waals surface area contributed by atoms with E-state index in [1.54, 1.807) is 36.3 Å². The molecule has 1 saturated heterocycles. The Balaban J connectivity index is 1.27. The van der Waals surface area contributed by atoms with E-state index in [2.05, 4.69) is 10.6 Å². The predicted octanol–water partition coefficient (Wildman–Crippen LogP) is 3.69. The van der Waals surface area contributed by atoms with Crippen LogP contribution in [0, 0.1) is 12.8 Å². The Kier molecular flexibility index (Phi) is 7.85. The van der Waals surface area contributed by atoms with Crippen LogP contribution in [0.2, 0.25) is 0 Å². The Morgan fingerprint density at radius 1 is 1.00 bits per heavy atom. The average Bonchev–Trinajstić information content (AvgIpc) is 3.29. The van der Waals surface area contributed by atoms with Crippen LogP contribution in [-0.4, -0.2) is 38.0 Å². The molecule has 3 amide bonds. The van der Waals surface area contributed by atoms with Crippen LogP contribution in [0.3, 0.4) is 0 Å². The van der Waals surface area contributed by atoms with Gasteiger partial charge in [-0.2, -0.15) is 0 Å². The molecule has 1 atom stereocenters. The van der Waals surface area contributed by atoms with Gasteiger partial charge >= 0.3 is 0 Å². The number of amides is 3. The van der Waals surface area contributed by atoms with Gasteiger partial charge in [0.15, 0.2) is 6.61 Å². The highest BCUT2D eigenvalue weighted by atomic mass is 16.5. The van der Waals surface area contributed by atoms with Gasteiger partial charge in [-0.05, 0) is 49.4 Å². The summed E-state index contributed by atoms with van der Waals surface area (Å²) >= 11 is 0. The van der Waals surface area contributed by atoms with Crippen molar-refractivity contribution in [2.24, 2.45) is 5.92 Å². The molecule has 1 aliphatic rings. The first-order valence-electron chi connectivity index (χ1n) is 11.7. The fourth-order valence-electron chi connectivity index (χ4n) is 4.01. The number of hydrogen-bond acceptors (Lipinski definition) is 5. The Morgan fingerprint density at radius 3 is 2.44 bits per heavy atom. The van der Waals surface area contributed by atoms with Crippen molar-refractivity contribution in [2.75, 3.05) is 30.5 Å². The van der Waals surface area contributed by atoms with Crippen LogP contribution in [-0.2, 0) is 20.9 Å². The number of nitrogens with one attached hydrogen (secondary N) is 2. The third-order valence-electron chi connectivity index (χ3n) is 6.00. The van der Waals surface area contributed by atoms with Gasteiger partial charge in [-0.3, -0.25) is 14.4 Å². The summed E-state index contributed by atoms with van der Waals surface area (Å²) in [6, 6.07) is 21.9. The van der Waals surface area contributed by atoms with Crippen molar-refractivity contribution < 1.29 is 23.9 Å². The summed E-state index contributed by atoms with van der Waals surface area (Å²) in [5.74, 6) is 0.232. The van der Waals surface area contributed by atoms with Gasteiger partial charge in [-0.25, -0.2) is 0 Å². The minimum absolute atomic E-state index is 0.112. The number of para-hydroxylation sites is 1. The number of ether oxygens (including phenoxy) is 2. The summed E-state index contributed by atoms with van der Waals surface area (Å²) in [5, 5.41) is 5.69. The molecule has 2 N–H and O–H groups in total. The van der Waals surface area contributed by atoms with Crippen LogP contribution in [0.15, 0.2) is 72.8 Å². The zero-order valence-corrected chi connectivity index (χ0v) is 20.3. The van der Waals surface area contributed by atoms with Gasteiger partial charge in [-0.1, -0.05) is 35.9 Å². The van der Waals surface area contributed by atoms with Crippen molar-refractivity contribution >= 4 is 29.1 Å². The summed E-state index contributed by atoms with van der Waals surface area (Å²) in [6.07, 6.45) is 0.148. The third-order valence-corrected chi connectivity index (χ3v) is 6.00. The Labute approximate surface area is 210 Å². The van der Waals surface area contributed by atoms with E-state index in [1.165, 1.54) is 0 Å². The molecule has 1 fully saturated rings. The molecule has 1 aliphatic heterocycles. The van der Waals surface area contributed by atoms with Crippen molar-refractivity contribution in [3.8, 4) is 11.5 Å². The van der Waals surface area contributed by atoms with Gasteiger partial charge < -0.3 is 25.0 Å². The first-order chi connectivity index (χ1) is 17.4. The molecular weight excluding hydrogens is 458 g/mol. The van der Waals surface area contributed by atoms with Gasteiger partial charge in [-0.15, -0.1) is 0 Å². The quantitative estimate of drug-likeness (QED) is 0.480. The largest absolute Gasteiger partial charge is 0.496 e. The topological polar surface area (TPSA) is 97.0 Å². The summed E-state index contributed by atoms with van der Waals surface area (Å²) in [5.41, 5.74) is 3.37. The van der Waals surface area contributed by atoms with E-state index in [0.29, 0.717) is 36.0 Å². The zero-order chi connectivity index (χ0) is 25.5. The van der Waals surface area contributed by atoms with Crippen LogP contribution >= 0.6 is 0 Å². The number of hydrogen-bond donors (Lipinski definition) is 2. The number of carbonyl (C=O) groups is 3. The van der Waals surface area contributed by atoms with Crippen LogP contribution in [0.25, 0.3) is 0 Å². The fourth-order valence-corrected chi connectivity index (χ4v) is 4.01. The number of methoxy groups -OCH3 is 1. The molecule has 0 saturated carbocycles. The Morgan fingerprint density at radius 2 is 1.72 bits per heavy atom. The smallest absolute Gasteiger partial charge is 0.262 e. The molecule has 0 bridgehead atoms. The van der Waals surface area contributed by atoms with Gasteiger partial charge in [0.05, 0.1) is 13.0 Å². The van der Waals surface area contributed by atoms with Crippen LogP contribution in [0.1, 0.15) is 17.5 Å². The third kappa shape index (κ3) is 6.21. The van der Waals surface area contributed by atoms with Crippen molar-refractivity contribution in [1.82, 2.24) is 5.32 Å². The lowest BCUT2D eigenvalue weighted by Gasteiger charge is -2.17. The normalized spacial score (nSPS) is 14.9. The van der Waals surface area contributed by atoms with Crippen LogP contribution < -0.4 is 25.0 Å². The minimum Gasteiger partial charge on any atom is -0.496 e. The number of anilines is 2. The van der Waals surface area contributed by atoms with Crippen molar-refractivity contribution in [3.63, 3.8) is 0 Å². The van der Waals surface area contributed by atoms with Gasteiger partial charge in [0, 0.05) is 36.4 Å². The minimum atomic E-state index is -0.436. The molecule has 0 unspecified atom stereocenters. The monoisotopic (exact) mass is 487 g/mol. The first-order valence-corrected chi connectivity index (χ1v) is 11.7. The van der Waals surface area contributed by atoms with Crippen LogP contribution in [0.4, 0.5) is 11.4 Å². The Hall–Kier alpha value is -4.33. The second-order valence-electron chi connectivity index (χ2n) is 8.63. The molecule has 36 heavy (non-hydrogen) atoms. The molecule has 0 aromatic heterocycles. The zero-order valence-electron chi connectivity index (χ0n) is 20.3. The predicted molar refractivity (Wildman–Crippen MR) is 137 cm³/mol. The lowest BCUT2D eigenvalue weighted by Crippen LogP contribution is -2.32. The molecule has 8 nitrogen and oxygen atoms in total. The highest BCUT2D eigenvalue weighted by Gasteiger charge is 2.35. The summed E-state index contributed by atoms with van der Waals surface area (Å²) in [6.45, 7) is 2.48. The number of carbonyl (C=O) groups excluding carboxylic acids is 3. The number of benzene rings is 3. The molecule has 0 radical (unpaired) electrons. The highest BCUT2D eigenvalue weighted by Crippen LogP contribution is 2.27. The number of nitrogens with zero attached hydrogens (tertiary/aromatic N) is 1. The summed E-state index contributed by atoms with van der Waals surface area (Å²) < 4.78 is 10.9. The fraction of sp³-hybridized carbons (Fsp3) is 0.250. The first kappa shape index (κ1) is 24.8. The second-order valence-corrected chi connectivity index (χ2v) is 8.63. The van der Waals surface area contributed by atoms with Crippen molar-refractivity contribution in [1.29, 1.82) is 0 Å². The lowest BCUT2D eigenvalue weighted by molar-refractivity contribution is -0.126. The van der Waals surface area contributed by atoms with Crippen molar-refractivity contribution in [2.45, 2.75) is 19.9 Å². The Bertz CT molecular complexity index is 1220. The number of rotatable bonds is 9. The molecule has 4 rings (SSSR count). The highest BCUT2D eigenvalue weighted by molar-refractivity contribution is 6.00. The maximum absolute atomic E-state index is 12.7. The van der Waals surface area contributed by atoms with Gasteiger partial charge in [0.1, 0.15) is 11.5 Å². The molecule has 0 spiro atoms. The second kappa shape index (κ2) is 11.4. The lowest BCUT2D eigenvalue weighted by atomic mass is 10.1. The maximum Gasteiger partial charge on any atom is 0.262 e. The molecule has 186 valence electrons. The van der Waals surface area contributed by atoms with Crippen LogP contribution in [0.5, 0.6) is 11.5 Å². The molecular formula is C28H29N3O5. The van der Waals surface area contributed by atoms with E-state index in [0.717, 1.165) is 11.1 Å². The molecule has 3 aromatic rings. The van der Waals surface area contributed by atoms with E-state index < -0.39 is 5.92 Å². The van der Waals surface area contributed by atoms with Crippen molar-refractivity contribution in [3.05, 3.63) is 83.9 Å². The van der Waals surface area contributed by atoms with E-state index in [4.69, 9.17) is 9.47 Å². The molecule has 8 heteroatoms. The van der Waals surface area contributed by atoms with E-state index >= 15 is 0 Å². The summed E-state index contributed by atoms with van der Waals surface area (Å²) in [4.78, 5) is 39.0. The van der Waals surface area contributed by atoms with E-state index in [-0.39, 0.29) is 30.7 Å². The van der Waals surface area contributed by atoms with E-state index in [1.807, 2.05) is 55.5 Å².